The summed E-state index contributed by atoms with van der Waals surface area (Å²) in [5, 5.41) is 11.1. The van der Waals surface area contributed by atoms with Crippen LogP contribution in [0.25, 0.3) is 6.08 Å². The lowest BCUT2D eigenvalue weighted by atomic mass is 10.1. The minimum atomic E-state index is -0.533. The van der Waals surface area contributed by atoms with E-state index < -0.39 is 10.9 Å². The molecule has 0 aromatic heterocycles. The van der Waals surface area contributed by atoms with Crippen LogP contribution in [0.15, 0.2) is 41.3 Å². The highest BCUT2D eigenvalue weighted by Gasteiger charge is 2.34. The maximum atomic E-state index is 13.0. The van der Waals surface area contributed by atoms with Gasteiger partial charge in [0.05, 0.1) is 33.3 Å². The molecule has 0 atom stereocenters. The Kier molecular flexibility index (Phi) is 7.69. The fourth-order valence-corrected chi connectivity index (χ4v) is 4.82. The van der Waals surface area contributed by atoms with Gasteiger partial charge in [-0.1, -0.05) is 30.0 Å². The highest BCUT2D eigenvalue weighted by atomic mass is 127. The zero-order chi connectivity index (χ0) is 23.4. The number of amides is 1. The molecular weight excluding hydrogens is 571 g/mol. The van der Waals surface area contributed by atoms with Crippen LogP contribution in [0, 0.1) is 13.7 Å². The monoisotopic (exact) mass is 586 g/mol. The molecule has 0 N–H and O–H groups in total. The van der Waals surface area contributed by atoms with Crippen molar-refractivity contribution in [1.82, 2.24) is 0 Å². The predicted molar refractivity (Wildman–Crippen MR) is 132 cm³/mol. The van der Waals surface area contributed by atoms with Crippen molar-refractivity contribution in [2.24, 2.45) is 0 Å². The standard InChI is InChI=1S/C20H15IN2O7S2/c1-28-15-7-11(6-14(21)18(15)30-10-17(24)29-2)8-16-19(25)22(20(31)32-16)12-4-3-5-13(9-12)23(26)27/h3-9H,10H2,1-2H3/b16-8+. The fourth-order valence-electron chi connectivity index (χ4n) is 2.74. The van der Waals surface area contributed by atoms with Crippen LogP contribution in [0.2, 0.25) is 0 Å². The summed E-state index contributed by atoms with van der Waals surface area (Å²) in [6, 6.07) is 9.14. The number of halogens is 1. The Morgan fingerprint density at radius 2 is 2.06 bits per heavy atom. The quantitative estimate of drug-likeness (QED) is 0.118. The number of thiocarbonyl (C=S) groups is 1. The van der Waals surface area contributed by atoms with E-state index in [0.29, 0.717) is 31.2 Å². The number of thioether (sulfide) groups is 1. The largest absolute Gasteiger partial charge is 0.493 e. The Hall–Kier alpha value is -2.71. The molecule has 1 amide bonds. The molecule has 0 saturated carbocycles. The Balaban J connectivity index is 1.90. The number of carbonyl (C=O) groups excluding carboxylic acids is 2. The number of anilines is 1. The Labute approximate surface area is 206 Å². The maximum absolute atomic E-state index is 13.0. The van der Waals surface area contributed by atoms with E-state index in [1.807, 2.05) is 22.6 Å². The highest BCUT2D eigenvalue weighted by Crippen LogP contribution is 2.39. The number of hydrogen-bond acceptors (Lipinski definition) is 9. The minimum absolute atomic E-state index is 0.137. The molecule has 1 fully saturated rings. The molecule has 0 aliphatic carbocycles. The van der Waals surface area contributed by atoms with Crippen molar-refractivity contribution in [2.45, 2.75) is 0 Å². The third kappa shape index (κ3) is 5.19. The molecule has 166 valence electrons. The molecule has 2 aromatic rings. The Morgan fingerprint density at radius 3 is 2.72 bits per heavy atom. The van der Waals surface area contributed by atoms with Gasteiger partial charge in [-0.2, -0.15) is 0 Å². The number of esters is 1. The lowest BCUT2D eigenvalue weighted by Crippen LogP contribution is -2.27. The van der Waals surface area contributed by atoms with Crippen molar-refractivity contribution >= 4 is 80.2 Å². The van der Waals surface area contributed by atoms with E-state index in [0.717, 1.165) is 11.8 Å². The van der Waals surface area contributed by atoms with E-state index in [9.17, 15) is 19.7 Å². The summed E-state index contributed by atoms with van der Waals surface area (Å²) < 4.78 is 16.4. The number of nitro benzene ring substituents is 1. The molecule has 0 radical (unpaired) electrons. The number of benzene rings is 2. The third-order valence-electron chi connectivity index (χ3n) is 4.20. The molecule has 32 heavy (non-hydrogen) atoms. The topological polar surface area (TPSA) is 108 Å². The van der Waals surface area contributed by atoms with E-state index in [1.54, 1.807) is 24.3 Å². The first-order chi connectivity index (χ1) is 15.2. The third-order valence-corrected chi connectivity index (χ3v) is 6.31. The van der Waals surface area contributed by atoms with Gasteiger partial charge in [0, 0.05) is 12.1 Å². The van der Waals surface area contributed by atoms with Gasteiger partial charge in [-0.05, 0) is 52.4 Å². The van der Waals surface area contributed by atoms with Crippen LogP contribution in [-0.2, 0) is 14.3 Å². The number of non-ortho nitro benzene ring substituents is 1. The fraction of sp³-hybridized carbons (Fsp3) is 0.150. The number of rotatable bonds is 7. The summed E-state index contributed by atoms with van der Waals surface area (Å²) in [5.74, 6) is -0.168. The molecule has 1 aliphatic heterocycles. The van der Waals surface area contributed by atoms with E-state index in [-0.39, 0.29) is 22.5 Å². The average Bonchev–Trinajstić information content (AvgIpc) is 3.05. The lowest BCUT2D eigenvalue weighted by Gasteiger charge is -2.14. The molecule has 0 bridgehead atoms. The van der Waals surface area contributed by atoms with Crippen LogP contribution in [0.4, 0.5) is 11.4 Å². The number of carbonyl (C=O) groups is 2. The van der Waals surface area contributed by atoms with Crippen molar-refractivity contribution in [3.63, 3.8) is 0 Å². The van der Waals surface area contributed by atoms with Gasteiger partial charge >= 0.3 is 5.97 Å². The zero-order valence-corrected chi connectivity index (χ0v) is 20.5. The lowest BCUT2D eigenvalue weighted by molar-refractivity contribution is -0.384. The Bertz CT molecular complexity index is 1150. The van der Waals surface area contributed by atoms with Crippen LogP contribution in [0.3, 0.4) is 0 Å². The molecule has 1 saturated heterocycles. The van der Waals surface area contributed by atoms with Crippen LogP contribution in [-0.4, -0.2) is 41.9 Å². The maximum Gasteiger partial charge on any atom is 0.343 e. The second-order valence-corrected chi connectivity index (χ2v) is 9.03. The van der Waals surface area contributed by atoms with Gasteiger partial charge in [-0.25, -0.2) is 4.79 Å². The Morgan fingerprint density at radius 1 is 1.31 bits per heavy atom. The van der Waals surface area contributed by atoms with Crippen LogP contribution >= 0.6 is 46.6 Å². The first-order valence-electron chi connectivity index (χ1n) is 8.84. The SMILES string of the molecule is COC(=O)COc1c(I)cc(/C=C2/SC(=S)N(c3cccc([N+](=O)[O-])c3)C2=O)cc1OC. The molecule has 2 aromatic carbocycles. The molecule has 0 unspecified atom stereocenters. The van der Waals surface area contributed by atoms with E-state index >= 15 is 0 Å². The van der Waals surface area contributed by atoms with Crippen LogP contribution < -0.4 is 14.4 Å². The van der Waals surface area contributed by atoms with Crippen LogP contribution in [0.1, 0.15) is 5.56 Å². The van der Waals surface area contributed by atoms with Crippen molar-refractivity contribution in [3.8, 4) is 11.5 Å². The van der Waals surface area contributed by atoms with Gasteiger partial charge in [-0.15, -0.1) is 0 Å². The predicted octanol–water partition coefficient (Wildman–Crippen LogP) is 4.17. The number of hydrogen-bond donors (Lipinski definition) is 0. The second kappa shape index (κ2) is 10.3. The average molecular weight is 586 g/mol. The summed E-state index contributed by atoms with van der Waals surface area (Å²) >= 11 is 8.46. The number of methoxy groups -OCH3 is 2. The normalized spacial score (nSPS) is 14.6. The smallest absolute Gasteiger partial charge is 0.343 e. The zero-order valence-electron chi connectivity index (χ0n) is 16.7. The van der Waals surface area contributed by atoms with Crippen molar-refractivity contribution in [3.05, 3.63) is 60.6 Å². The second-order valence-electron chi connectivity index (χ2n) is 6.19. The highest BCUT2D eigenvalue weighted by molar-refractivity contribution is 14.1. The first kappa shape index (κ1) is 23.9. The summed E-state index contributed by atoms with van der Waals surface area (Å²) in [6.07, 6.45) is 1.64. The molecule has 3 rings (SSSR count). The van der Waals surface area contributed by atoms with E-state index in [2.05, 4.69) is 4.74 Å². The molecule has 12 heteroatoms. The molecule has 1 aliphatic rings. The molecule has 1 heterocycles. The van der Waals surface area contributed by atoms with Crippen molar-refractivity contribution in [2.75, 3.05) is 25.7 Å². The van der Waals surface area contributed by atoms with Gasteiger partial charge in [0.1, 0.15) is 0 Å². The van der Waals surface area contributed by atoms with Crippen molar-refractivity contribution < 1.29 is 28.7 Å². The van der Waals surface area contributed by atoms with E-state index in [4.69, 9.17) is 21.7 Å². The minimum Gasteiger partial charge on any atom is -0.493 e. The van der Waals surface area contributed by atoms with Gasteiger partial charge in [0.25, 0.3) is 11.6 Å². The molecule has 9 nitrogen and oxygen atoms in total. The van der Waals surface area contributed by atoms with Gasteiger partial charge in [0.15, 0.2) is 22.4 Å². The van der Waals surface area contributed by atoms with Gasteiger partial charge < -0.3 is 14.2 Å². The summed E-state index contributed by atoms with van der Waals surface area (Å²) in [5.41, 5.74) is 0.836. The number of ether oxygens (including phenoxy) is 3. The van der Waals surface area contributed by atoms with Crippen LogP contribution in [0.5, 0.6) is 11.5 Å². The summed E-state index contributed by atoms with van der Waals surface area (Å²) in [6.45, 7) is -0.274. The summed E-state index contributed by atoms with van der Waals surface area (Å²) in [7, 11) is 2.72. The van der Waals surface area contributed by atoms with Crippen molar-refractivity contribution in [1.29, 1.82) is 0 Å². The number of nitro groups is 1. The first-order valence-corrected chi connectivity index (χ1v) is 11.1. The number of nitrogens with zero attached hydrogens (tertiary/aromatic N) is 2. The van der Waals surface area contributed by atoms with Gasteiger partial charge in [-0.3, -0.25) is 19.8 Å². The summed E-state index contributed by atoms with van der Waals surface area (Å²) in [4.78, 5) is 36.5. The van der Waals surface area contributed by atoms with E-state index in [1.165, 1.54) is 37.3 Å². The molecular formula is C20H15IN2O7S2. The molecule has 0 spiro atoms. The van der Waals surface area contributed by atoms with Gasteiger partial charge in [0.2, 0.25) is 0 Å².